The lowest BCUT2D eigenvalue weighted by Gasteiger charge is -2.07. The second-order valence-electron chi connectivity index (χ2n) is 4.81. The maximum absolute atomic E-state index is 13.4. The van der Waals surface area contributed by atoms with Crippen molar-refractivity contribution < 1.29 is 23.1 Å². The second-order valence-corrected chi connectivity index (χ2v) is 5.68. The summed E-state index contributed by atoms with van der Waals surface area (Å²) < 4.78 is 33.3. The molecular formula is C15H11F2N3O3S. The normalized spacial score (nSPS) is 10.8. The molecule has 6 nitrogen and oxygen atoms in total. The quantitative estimate of drug-likeness (QED) is 0.717. The Balaban J connectivity index is 1.52. The van der Waals surface area contributed by atoms with Gasteiger partial charge >= 0.3 is 5.97 Å². The number of imidazole rings is 1. The zero-order valence-electron chi connectivity index (χ0n) is 12.2. The molecule has 9 heteroatoms. The maximum Gasteiger partial charge on any atom is 0.312 e. The van der Waals surface area contributed by atoms with Crippen LogP contribution in [-0.2, 0) is 20.7 Å². The number of aromatic nitrogens is 2. The average molecular weight is 351 g/mol. The van der Waals surface area contributed by atoms with E-state index in [9.17, 15) is 18.4 Å². The predicted molar refractivity (Wildman–Crippen MR) is 82.7 cm³/mol. The largest absolute Gasteiger partial charge is 0.455 e. The fraction of sp³-hybridized carbons (Fsp3) is 0.133. The number of para-hydroxylation sites is 1. The molecule has 0 saturated heterocycles. The molecule has 0 bridgehead atoms. The van der Waals surface area contributed by atoms with Gasteiger partial charge in [0.05, 0.1) is 12.1 Å². The van der Waals surface area contributed by atoms with Gasteiger partial charge in [-0.25, -0.2) is 13.8 Å². The highest BCUT2D eigenvalue weighted by molar-refractivity contribution is 7.15. The number of carbonyl (C=O) groups is 2. The Morgan fingerprint density at radius 3 is 2.75 bits per heavy atom. The summed E-state index contributed by atoms with van der Waals surface area (Å²) in [5, 5.41) is 3.89. The van der Waals surface area contributed by atoms with E-state index in [1.807, 2.05) is 10.7 Å². The minimum Gasteiger partial charge on any atom is -0.455 e. The molecule has 1 N–H and O–H groups in total. The zero-order chi connectivity index (χ0) is 17.1. The van der Waals surface area contributed by atoms with Gasteiger partial charge in [-0.3, -0.25) is 14.0 Å². The highest BCUT2D eigenvalue weighted by atomic mass is 32.1. The van der Waals surface area contributed by atoms with Gasteiger partial charge in [0.15, 0.2) is 11.6 Å². The number of ether oxygens (including phenoxy) is 1. The summed E-state index contributed by atoms with van der Waals surface area (Å²) in [7, 11) is 0. The number of benzene rings is 1. The summed E-state index contributed by atoms with van der Waals surface area (Å²) in [5.74, 6) is -3.32. The molecule has 0 atom stereocenters. The maximum atomic E-state index is 13.4. The number of halogens is 2. The summed E-state index contributed by atoms with van der Waals surface area (Å²) in [6.45, 7) is -0.644. The summed E-state index contributed by atoms with van der Waals surface area (Å²) in [5.41, 5.74) is -0.0692. The number of esters is 1. The third-order valence-corrected chi connectivity index (χ3v) is 3.83. The van der Waals surface area contributed by atoms with Crippen LogP contribution >= 0.6 is 11.3 Å². The molecule has 24 heavy (non-hydrogen) atoms. The van der Waals surface area contributed by atoms with E-state index in [-0.39, 0.29) is 6.42 Å². The number of rotatable bonds is 5. The lowest BCUT2D eigenvalue weighted by Crippen LogP contribution is -2.22. The van der Waals surface area contributed by atoms with Gasteiger partial charge in [-0.15, -0.1) is 11.3 Å². The van der Waals surface area contributed by atoms with E-state index in [2.05, 4.69) is 4.98 Å². The van der Waals surface area contributed by atoms with Crippen LogP contribution in [0.1, 0.15) is 5.69 Å². The van der Waals surface area contributed by atoms with Gasteiger partial charge in [0.1, 0.15) is 17.3 Å². The summed E-state index contributed by atoms with van der Waals surface area (Å²) >= 11 is 1.42. The molecule has 0 radical (unpaired) electrons. The smallest absolute Gasteiger partial charge is 0.312 e. The third kappa shape index (κ3) is 3.57. The van der Waals surface area contributed by atoms with Crippen LogP contribution in [0, 0.1) is 11.6 Å². The molecule has 0 aliphatic heterocycles. The van der Waals surface area contributed by atoms with Crippen molar-refractivity contribution in [3.8, 4) is 0 Å². The summed E-state index contributed by atoms with van der Waals surface area (Å²) in [6, 6.07) is 3.19. The first-order valence-corrected chi connectivity index (χ1v) is 7.71. The van der Waals surface area contributed by atoms with Crippen LogP contribution in [0.4, 0.5) is 14.5 Å². The number of nitrogens with one attached hydrogen (secondary N) is 1. The van der Waals surface area contributed by atoms with Crippen molar-refractivity contribution in [2.24, 2.45) is 0 Å². The number of nitrogens with zero attached hydrogens (tertiary/aromatic N) is 2. The second kappa shape index (κ2) is 6.75. The fourth-order valence-corrected chi connectivity index (χ4v) is 2.72. The Kier molecular flexibility index (Phi) is 4.52. The van der Waals surface area contributed by atoms with E-state index in [0.717, 1.165) is 17.1 Å². The van der Waals surface area contributed by atoms with Crippen LogP contribution in [0.25, 0.3) is 4.96 Å². The van der Waals surface area contributed by atoms with Crippen molar-refractivity contribution in [1.82, 2.24) is 9.38 Å². The lowest BCUT2D eigenvalue weighted by molar-refractivity contribution is -0.146. The van der Waals surface area contributed by atoms with Crippen LogP contribution in [0.5, 0.6) is 0 Å². The highest BCUT2D eigenvalue weighted by Crippen LogP contribution is 2.17. The molecule has 1 amide bonds. The zero-order valence-corrected chi connectivity index (χ0v) is 13.0. The molecule has 0 fully saturated rings. The van der Waals surface area contributed by atoms with Gasteiger partial charge in [0.2, 0.25) is 0 Å². The third-order valence-electron chi connectivity index (χ3n) is 3.06. The average Bonchev–Trinajstić information content (AvgIpc) is 3.10. The molecule has 0 spiro atoms. The van der Waals surface area contributed by atoms with Gasteiger partial charge in [-0.05, 0) is 12.1 Å². The van der Waals surface area contributed by atoms with Crippen LogP contribution in [0.2, 0.25) is 0 Å². The number of hydrogen-bond donors (Lipinski definition) is 1. The van der Waals surface area contributed by atoms with Crippen molar-refractivity contribution in [2.45, 2.75) is 6.42 Å². The molecule has 2 heterocycles. The van der Waals surface area contributed by atoms with Gasteiger partial charge in [-0.1, -0.05) is 6.07 Å². The van der Waals surface area contributed by atoms with Crippen LogP contribution in [0.15, 0.2) is 36.0 Å². The summed E-state index contributed by atoms with van der Waals surface area (Å²) in [4.78, 5) is 28.3. The molecule has 3 aromatic rings. The molecule has 0 aliphatic rings. The number of anilines is 1. The van der Waals surface area contributed by atoms with E-state index in [4.69, 9.17) is 4.74 Å². The first kappa shape index (κ1) is 16.1. The molecule has 2 aromatic heterocycles. The van der Waals surface area contributed by atoms with Crippen molar-refractivity contribution in [2.75, 3.05) is 11.9 Å². The van der Waals surface area contributed by atoms with Crippen molar-refractivity contribution in [3.63, 3.8) is 0 Å². The van der Waals surface area contributed by atoms with Gasteiger partial charge in [0, 0.05) is 17.8 Å². The van der Waals surface area contributed by atoms with Gasteiger partial charge in [0.25, 0.3) is 5.91 Å². The number of amides is 1. The minimum atomic E-state index is -0.909. The number of thiazole rings is 1. The Hall–Kier alpha value is -2.81. The van der Waals surface area contributed by atoms with E-state index in [0.29, 0.717) is 5.69 Å². The minimum absolute atomic E-state index is 0.101. The van der Waals surface area contributed by atoms with E-state index >= 15 is 0 Å². The molecular weight excluding hydrogens is 340 g/mol. The Morgan fingerprint density at radius 1 is 1.29 bits per heavy atom. The molecule has 3 rings (SSSR count). The Labute approximate surface area is 138 Å². The van der Waals surface area contributed by atoms with E-state index < -0.39 is 35.8 Å². The predicted octanol–water partition coefficient (Wildman–Crippen LogP) is 2.40. The Bertz CT molecular complexity index is 858. The summed E-state index contributed by atoms with van der Waals surface area (Å²) in [6.07, 6.45) is 3.38. The van der Waals surface area contributed by atoms with E-state index in [1.54, 1.807) is 16.8 Å². The van der Waals surface area contributed by atoms with Crippen LogP contribution < -0.4 is 5.32 Å². The lowest BCUT2D eigenvalue weighted by atomic mass is 10.3. The van der Waals surface area contributed by atoms with Gasteiger partial charge < -0.3 is 10.1 Å². The van der Waals surface area contributed by atoms with E-state index in [1.165, 1.54) is 17.4 Å². The first-order valence-electron chi connectivity index (χ1n) is 6.83. The molecule has 0 unspecified atom stereocenters. The fourth-order valence-electron chi connectivity index (χ4n) is 2.00. The van der Waals surface area contributed by atoms with Crippen molar-refractivity contribution in [3.05, 3.63) is 53.3 Å². The Morgan fingerprint density at radius 2 is 2.04 bits per heavy atom. The standard InChI is InChI=1S/C15H11F2N3O3S/c16-10-2-1-3-11(17)14(10)19-12(21)8-23-13(22)6-9-7-20-4-5-24-15(20)18-9/h1-5,7H,6,8H2,(H,19,21). The number of fused-ring (bicyclic) bond motifs is 1. The monoisotopic (exact) mass is 351 g/mol. The van der Waals surface area contributed by atoms with Gasteiger partial charge in [-0.2, -0.15) is 0 Å². The number of hydrogen-bond acceptors (Lipinski definition) is 5. The highest BCUT2D eigenvalue weighted by Gasteiger charge is 2.15. The van der Waals surface area contributed by atoms with Crippen LogP contribution in [0.3, 0.4) is 0 Å². The molecule has 1 aromatic carbocycles. The SMILES string of the molecule is O=C(COC(=O)Cc1cn2ccsc2n1)Nc1c(F)cccc1F. The first-order chi connectivity index (χ1) is 11.5. The van der Waals surface area contributed by atoms with Crippen molar-refractivity contribution in [1.29, 1.82) is 0 Å². The molecule has 0 saturated carbocycles. The van der Waals surface area contributed by atoms with Crippen LogP contribution in [-0.4, -0.2) is 27.9 Å². The topological polar surface area (TPSA) is 72.7 Å². The molecule has 0 aliphatic carbocycles. The molecule has 124 valence electrons. The number of carbonyl (C=O) groups excluding carboxylic acids is 2. The van der Waals surface area contributed by atoms with Crippen molar-refractivity contribution >= 4 is 33.9 Å².